The molecule has 0 amide bonds. The van der Waals surface area contributed by atoms with Crippen LogP contribution in [0.25, 0.3) is 0 Å². The number of rotatable bonds is 3. The third kappa shape index (κ3) is 2.03. The van der Waals surface area contributed by atoms with E-state index in [1.165, 1.54) is 0 Å². The Hall–Kier alpha value is -1.33. The first-order chi connectivity index (χ1) is 7.33. The molecule has 0 heterocycles. The van der Waals surface area contributed by atoms with Crippen molar-refractivity contribution >= 4 is 0 Å². The molecule has 0 saturated heterocycles. The average Bonchev–Trinajstić information content (AvgIpc) is 2.56. The zero-order valence-corrected chi connectivity index (χ0v) is 8.54. The van der Waals surface area contributed by atoms with Crippen LogP contribution in [0.1, 0.15) is 17.0 Å². The van der Waals surface area contributed by atoms with Crippen LogP contribution < -0.4 is 5.32 Å². The van der Waals surface area contributed by atoms with Crippen LogP contribution in [-0.2, 0) is 6.42 Å². The van der Waals surface area contributed by atoms with Crippen molar-refractivity contribution in [1.29, 1.82) is 0 Å². The Morgan fingerprint density at radius 1 is 1.47 bits per heavy atom. The van der Waals surface area contributed by atoms with Gasteiger partial charge in [0.05, 0.1) is 6.54 Å². The minimum absolute atomic E-state index is 0.0328. The Labute approximate surface area is 89.7 Å². The second-order valence-electron chi connectivity index (χ2n) is 3.86. The molecule has 0 radical (unpaired) electrons. The monoisotopic (exact) mass is 203 g/mol. The second kappa shape index (κ2) is 4.46. The lowest BCUT2D eigenvalue weighted by Gasteiger charge is -2.13. The van der Waals surface area contributed by atoms with Crippen LogP contribution in [0, 0.1) is 12.3 Å². The van der Waals surface area contributed by atoms with E-state index in [0.717, 1.165) is 11.1 Å². The third-order valence-electron chi connectivity index (χ3n) is 2.90. The topological polar surface area (TPSA) is 12.0 Å². The van der Waals surface area contributed by atoms with Gasteiger partial charge in [-0.25, -0.2) is 4.39 Å². The molecule has 0 aliphatic heterocycles. The lowest BCUT2D eigenvalue weighted by molar-refractivity contribution is 0.295. The summed E-state index contributed by atoms with van der Waals surface area (Å²) in [6.45, 7) is 1.13. The van der Waals surface area contributed by atoms with Crippen LogP contribution in [0.5, 0.6) is 0 Å². The zero-order chi connectivity index (χ0) is 10.7. The van der Waals surface area contributed by atoms with Crippen molar-refractivity contribution in [2.24, 2.45) is 0 Å². The van der Waals surface area contributed by atoms with Crippen molar-refractivity contribution < 1.29 is 4.39 Å². The average molecular weight is 203 g/mol. The minimum Gasteiger partial charge on any atom is -0.306 e. The van der Waals surface area contributed by atoms with Crippen molar-refractivity contribution in [2.75, 3.05) is 13.1 Å². The van der Waals surface area contributed by atoms with Crippen molar-refractivity contribution in [3.05, 3.63) is 35.4 Å². The maximum atomic E-state index is 13.7. The Kier molecular flexibility index (Phi) is 3.03. The summed E-state index contributed by atoms with van der Waals surface area (Å²) >= 11 is 0. The molecule has 1 nitrogen and oxygen atoms in total. The number of nitrogens with one attached hydrogen (secondary N) is 1. The summed E-state index contributed by atoms with van der Waals surface area (Å²) < 4.78 is 13.7. The van der Waals surface area contributed by atoms with Gasteiger partial charge in [-0.1, -0.05) is 30.2 Å². The summed E-state index contributed by atoms with van der Waals surface area (Å²) in [5.41, 5.74) is 2.27. The molecule has 2 heteroatoms. The van der Waals surface area contributed by atoms with Gasteiger partial charge in [-0.3, -0.25) is 0 Å². The molecule has 1 N–H and O–H groups in total. The van der Waals surface area contributed by atoms with E-state index in [2.05, 4.69) is 11.2 Å². The summed E-state index contributed by atoms with van der Waals surface area (Å²) in [5.74, 6) is 2.46. The van der Waals surface area contributed by atoms with Crippen LogP contribution in [-0.4, -0.2) is 19.3 Å². The molecule has 1 aliphatic carbocycles. The Morgan fingerprint density at radius 3 is 3.07 bits per heavy atom. The highest BCUT2D eigenvalue weighted by Gasteiger charge is 2.31. The lowest BCUT2D eigenvalue weighted by Crippen LogP contribution is -2.25. The maximum Gasteiger partial charge on any atom is 0.112 e. The number of alkyl halides is 1. The molecule has 1 aromatic rings. The van der Waals surface area contributed by atoms with Crippen LogP contribution in [0.2, 0.25) is 0 Å². The summed E-state index contributed by atoms with van der Waals surface area (Å²) in [5, 5.41) is 3.07. The van der Waals surface area contributed by atoms with E-state index in [1.54, 1.807) is 0 Å². The Morgan fingerprint density at radius 2 is 2.27 bits per heavy atom. The molecule has 2 rings (SSSR count). The largest absolute Gasteiger partial charge is 0.306 e. The van der Waals surface area contributed by atoms with Gasteiger partial charge in [0.25, 0.3) is 0 Å². The fourth-order valence-corrected chi connectivity index (χ4v) is 2.17. The fraction of sp³-hybridized carbons (Fsp3) is 0.385. The Balaban J connectivity index is 2.09. The highest BCUT2D eigenvalue weighted by Crippen LogP contribution is 2.34. The summed E-state index contributed by atoms with van der Waals surface area (Å²) in [7, 11) is 0. The standard InChI is InChI=1S/C13H14FN/c1-2-7-15-9-12-11-6-4-3-5-10(11)8-13(12)14/h1,3-6,12-13,15H,7-9H2/t12-,13-/m0/s1. The quantitative estimate of drug-likeness (QED) is 0.584. The molecule has 0 unspecified atom stereocenters. The number of halogens is 1. The van der Waals surface area contributed by atoms with Crippen LogP contribution >= 0.6 is 0 Å². The van der Waals surface area contributed by atoms with Gasteiger partial charge in [0.1, 0.15) is 6.17 Å². The number of hydrogen-bond acceptors (Lipinski definition) is 1. The molecule has 0 saturated carbocycles. The van der Waals surface area contributed by atoms with Crippen LogP contribution in [0.3, 0.4) is 0 Å². The molecular weight excluding hydrogens is 189 g/mol. The molecular formula is C13H14FN. The van der Waals surface area contributed by atoms with E-state index in [1.807, 2.05) is 24.3 Å². The van der Waals surface area contributed by atoms with Crippen LogP contribution in [0.4, 0.5) is 4.39 Å². The van der Waals surface area contributed by atoms with Gasteiger partial charge in [0.2, 0.25) is 0 Å². The van der Waals surface area contributed by atoms with Crippen molar-refractivity contribution in [3.63, 3.8) is 0 Å². The van der Waals surface area contributed by atoms with Crippen molar-refractivity contribution in [3.8, 4) is 12.3 Å². The van der Waals surface area contributed by atoms with E-state index in [-0.39, 0.29) is 5.92 Å². The SMILES string of the molecule is C#CCNC[C@H]1c2ccccc2C[C@@H]1F. The van der Waals surface area contributed by atoms with Gasteiger partial charge in [0, 0.05) is 18.9 Å². The highest BCUT2D eigenvalue weighted by atomic mass is 19.1. The van der Waals surface area contributed by atoms with Gasteiger partial charge in [-0.2, -0.15) is 0 Å². The number of benzene rings is 1. The summed E-state index contributed by atoms with van der Waals surface area (Å²) in [6, 6.07) is 7.94. The fourth-order valence-electron chi connectivity index (χ4n) is 2.17. The normalized spacial score (nSPS) is 23.5. The van der Waals surface area contributed by atoms with E-state index in [0.29, 0.717) is 19.5 Å². The first-order valence-corrected chi connectivity index (χ1v) is 5.19. The molecule has 0 bridgehead atoms. The van der Waals surface area contributed by atoms with Crippen molar-refractivity contribution in [1.82, 2.24) is 5.32 Å². The molecule has 78 valence electrons. The first-order valence-electron chi connectivity index (χ1n) is 5.19. The molecule has 0 fully saturated rings. The predicted molar refractivity (Wildman–Crippen MR) is 59.5 cm³/mol. The molecule has 0 aromatic heterocycles. The van der Waals surface area contributed by atoms with Gasteiger partial charge in [-0.15, -0.1) is 6.42 Å². The zero-order valence-electron chi connectivity index (χ0n) is 8.54. The van der Waals surface area contributed by atoms with Gasteiger partial charge in [-0.05, 0) is 11.1 Å². The maximum absolute atomic E-state index is 13.7. The number of fused-ring (bicyclic) bond motifs is 1. The first kappa shape index (κ1) is 10.2. The second-order valence-corrected chi connectivity index (χ2v) is 3.86. The van der Waals surface area contributed by atoms with Crippen LogP contribution in [0.15, 0.2) is 24.3 Å². The smallest absolute Gasteiger partial charge is 0.112 e. The minimum atomic E-state index is -0.771. The summed E-state index contributed by atoms with van der Waals surface area (Å²) in [6.07, 6.45) is 4.91. The summed E-state index contributed by atoms with van der Waals surface area (Å²) in [4.78, 5) is 0. The van der Waals surface area contributed by atoms with Gasteiger partial charge < -0.3 is 5.32 Å². The lowest BCUT2D eigenvalue weighted by atomic mass is 10.0. The van der Waals surface area contributed by atoms with E-state index in [9.17, 15) is 4.39 Å². The number of hydrogen-bond donors (Lipinski definition) is 1. The van der Waals surface area contributed by atoms with E-state index in [4.69, 9.17) is 6.42 Å². The van der Waals surface area contributed by atoms with Gasteiger partial charge in [0.15, 0.2) is 0 Å². The molecule has 2 atom stereocenters. The molecule has 1 aromatic carbocycles. The Bertz CT molecular complexity index is 380. The third-order valence-corrected chi connectivity index (χ3v) is 2.90. The molecule has 0 spiro atoms. The predicted octanol–water partition coefficient (Wildman–Crippen LogP) is 1.89. The van der Waals surface area contributed by atoms with Gasteiger partial charge >= 0.3 is 0 Å². The van der Waals surface area contributed by atoms with Crippen molar-refractivity contribution in [2.45, 2.75) is 18.5 Å². The molecule has 1 aliphatic rings. The highest BCUT2D eigenvalue weighted by molar-refractivity contribution is 5.37. The molecule has 15 heavy (non-hydrogen) atoms. The van der Waals surface area contributed by atoms with E-state index >= 15 is 0 Å². The van der Waals surface area contributed by atoms with E-state index < -0.39 is 6.17 Å². The number of terminal acetylenes is 1.